The Kier molecular flexibility index (Phi) is 3.46. The highest BCUT2D eigenvalue weighted by molar-refractivity contribution is 9.10. The summed E-state index contributed by atoms with van der Waals surface area (Å²) in [5.41, 5.74) is 1.87. The average Bonchev–Trinajstić information content (AvgIpc) is 3.21. The van der Waals surface area contributed by atoms with E-state index in [-0.39, 0.29) is 0 Å². The minimum atomic E-state index is 0.489. The largest absolute Gasteiger partial charge is 0.340 e. The van der Waals surface area contributed by atoms with Gasteiger partial charge in [-0.25, -0.2) is 9.97 Å². The molecule has 0 saturated heterocycles. The minimum Gasteiger partial charge on any atom is -0.340 e. The van der Waals surface area contributed by atoms with Crippen molar-refractivity contribution in [3.05, 3.63) is 45.3 Å². The molecule has 1 aliphatic carbocycles. The summed E-state index contributed by atoms with van der Waals surface area (Å²) < 4.78 is 1.05. The summed E-state index contributed by atoms with van der Waals surface area (Å²) in [6.07, 6.45) is 2.33. The van der Waals surface area contributed by atoms with Crippen molar-refractivity contribution in [2.24, 2.45) is 0 Å². The molecule has 1 aliphatic rings. The lowest BCUT2D eigenvalue weighted by Crippen LogP contribution is -2.03. The van der Waals surface area contributed by atoms with Gasteiger partial charge in [-0.2, -0.15) is 0 Å². The van der Waals surface area contributed by atoms with Crippen molar-refractivity contribution < 1.29 is 0 Å². The van der Waals surface area contributed by atoms with Crippen LogP contribution in [0.3, 0.4) is 0 Å². The number of anilines is 2. The van der Waals surface area contributed by atoms with Gasteiger partial charge in [-0.15, -0.1) is 0 Å². The molecule has 3 rings (SSSR count). The molecule has 1 aromatic heterocycles. The number of nitrogens with zero attached hydrogens (tertiary/aromatic N) is 2. The molecule has 0 atom stereocenters. The molecule has 0 spiro atoms. The molecule has 1 heterocycles. The first kappa shape index (κ1) is 12.9. The van der Waals surface area contributed by atoms with Gasteiger partial charge < -0.3 is 5.32 Å². The highest BCUT2D eigenvalue weighted by atomic mass is 79.9. The van der Waals surface area contributed by atoms with Gasteiger partial charge in [0, 0.05) is 21.6 Å². The van der Waals surface area contributed by atoms with Crippen molar-refractivity contribution in [3.8, 4) is 0 Å². The molecule has 2 aromatic rings. The normalized spacial score (nSPS) is 14.5. The average molecular weight is 339 g/mol. The van der Waals surface area contributed by atoms with Crippen LogP contribution in [0.2, 0.25) is 5.15 Å². The summed E-state index contributed by atoms with van der Waals surface area (Å²) in [5, 5.41) is 3.85. The van der Waals surface area contributed by atoms with Crippen molar-refractivity contribution >= 4 is 39.0 Å². The Morgan fingerprint density at radius 1 is 1.21 bits per heavy atom. The van der Waals surface area contributed by atoms with Crippen molar-refractivity contribution in [2.45, 2.75) is 25.7 Å². The second kappa shape index (κ2) is 5.10. The van der Waals surface area contributed by atoms with Crippen LogP contribution in [0.25, 0.3) is 0 Å². The summed E-state index contributed by atoms with van der Waals surface area (Å²) in [5.74, 6) is 2.14. The lowest BCUT2D eigenvalue weighted by Gasteiger charge is -2.11. The third-order valence-corrected chi connectivity index (χ3v) is 4.05. The van der Waals surface area contributed by atoms with Gasteiger partial charge in [0.05, 0.1) is 0 Å². The molecule has 98 valence electrons. The monoisotopic (exact) mass is 337 g/mol. The molecule has 0 amide bonds. The maximum absolute atomic E-state index is 6.18. The van der Waals surface area contributed by atoms with E-state index in [1.165, 1.54) is 0 Å². The van der Waals surface area contributed by atoms with Gasteiger partial charge in [-0.1, -0.05) is 27.5 Å². The lowest BCUT2D eigenvalue weighted by atomic mass is 10.3. The Morgan fingerprint density at radius 3 is 2.53 bits per heavy atom. The number of hydrogen-bond donors (Lipinski definition) is 1. The number of rotatable bonds is 3. The predicted molar refractivity (Wildman–Crippen MR) is 81.2 cm³/mol. The quantitative estimate of drug-likeness (QED) is 0.815. The molecule has 0 bridgehead atoms. The summed E-state index contributed by atoms with van der Waals surface area (Å²) in [4.78, 5) is 8.95. The van der Waals surface area contributed by atoms with E-state index in [0.29, 0.717) is 11.1 Å². The minimum absolute atomic E-state index is 0.489. The van der Waals surface area contributed by atoms with Gasteiger partial charge >= 0.3 is 0 Å². The molecule has 0 unspecified atom stereocenters. The number of aromatic nitrogens is 2. The fourth-order valence-corrected chi connectivity index (χ4v) is 2.26. The molecule has 1 fully saturated rings. The van der Waals surface area contributed by atoms with E-state index in [0.717, 1.165) is 40.2 Å². The Morgan fingerprint density at radius 2 is 1.89 bits per heavy atom. The lowest BCUT2D eigenvalue weighted by molar-refractivity contribution is 0.922. The molecular weight excluding hydrogens is 326 g/mol. The third kappa shape index (κ3) is 2.90. The predicted octanol–water partition coefficient (Wildman–Crippen LogP) is 4.82. The van der Waals surface area contributed by atoms with Crippen molar-refractivity contribution in [3.63, 3.8) is 0 Å². The van der Waals surface area contributed by atoms with Crippen LogP contribution >= 0.6 is 27.5 Å². The van der Waals surface area contributed by atoms with Crippen LogP contribution in [0.4, 0.5) is 11.5 Å². The maximum Gasteiger partial charge on any atom is 0.138 e. The Bertz CT molecular complexity index is 609. The van der Waals surface area contributed by atoms with Crippen LogP contribution in [0.15, 0.2) is 28.7 Å². The van der Waals surface area contributed by atoms with Crippen LogP contribution in [0, 0.1) is 6.92 Å². The first-order valence-corrected chi connectivity index (χ1v) is 7.37. The third-order valence-electron chi connectivity index (χ3n) is 3.15. The fourth-order valence-electron chi connectivity index (χ4n) is 1.82. The van der Waals surface area contributed by atoms with Crippen molar-refractivity contribution in [1.82, 2.24) is 9.97 Å². The van der Waals surface area contributed by atoms with Crippen LogP contribution in [-0.4, -0.2) is 9.97 Å². The van der Waals surface area contributed by atoms with Gasteiger partial charge in [0.25, 0.3) is 0 Å². The van der Waals surface area contributed by atoms with Gasteiger partial charge in [-0.05, 0) is 44.0 Å². The zero-order valence-electron chi connectivity index (χ0n) is 10.5. The van der Waals surface area contributed by atoms with Crippen LogP contribution in [0.5, 0.6) is 0 Å². The van der Waals surface area contributed by atoms with E-state index in [1.807, 2.05) is 31.2 Å². The van der Waals surface area contributed by atoms with Crippen LogP contribution in [-0.2, 0) is 0 Å². The summed E-state index contributed by atoms with van der Waals surface area (Å²) in [6, 6.07) is 7.97. The molecule has 1 aromatic carbocycles. The Hall–Kier alpha value is -1.13. The first-order chi connectivity index (χ1) is 9.13. The summed E-state index contributed by atoms with van der Waals surface area (Å²) in [6.45, 7) is 1.93. The highest BCUT2D eigenvalue weighted by Gasteiger charge is 2.28. The van der Waals surface area contributed by atoms with E-state index in [1.54, 1.807) is 0 Å². The molecule has 5 heteroatoms. The SMILES string of the molecule is Cc1c(Cl)nc(C2CC2)nc1Nc1ccc(Br)cc1. The maximum atomic E-state index is 6.18. The van der Waals surface area contributed by atoms with Gasteiger partial charge in [0.1, 0.15) is 16.8 Å². The van der Waals surface area contributed by atoms with E-state index in [9.17, 15) is 0 Å². The van der Waals surface area contributed by atoms with Crippen molar-refractivity contribution in [1.29, 1.82) is 0 Å². The molecule has 1 saturated carbocycles. The van der Waals surface area contributed by atoms with Crippen molar-refractivity contribution in [2.75, 3.05) is 5.32 Å². The molecular formula is C14H13BrClN3. The fraction of sp³-hybridized carbons (Fsp3) is 0.286. The van der Waals surface area contributed by atoms with E-state index < -0.39 is 0 Å². The van der Waals surface area contributed by atoms with Gasteiger partial charge in [0.2, 0.25) is 0 Å². The van der Waals surface area contributed by atoms with E-state index >= 15 is 0 Å². The van der Waals surface area contributed by atoms with Crippen LogP contribution in [0.1, 0.15) is 30.1 Å². The number of halogens is 2. The second-order valence-corrected chi connectivity index (χ2v) is 6.03. The molecule has 19 heavy (non-hydrogen) atoms. The first-order valence-electron chi connectivity index (χ1n) is 6.20. The molecule has 1 N–H and O–H groups in total. The zero-order chi connectivity index (χ0) is 13.4. The number of benzene rings is 1. The molecule has 3 nitrogen and oxygen atoms in total. The van der Waals surface area contributed by atoms with E-state index in [2.05, 4.69) is 31.2 Å². The second-order valence-electron chi connectivity index (χ2n) is 4.75. The molecule has 0 aliphatic heterocycles. The van der Waals surface area contributed by atoms with E-state index in [4.69, 9.17) is 11.6 Å². The zero-order valence-corrected chi connectivity index (χ0v) is 12.8. The number of hydrogen-bond acceptors (Lipinski definition) is 3. The molecule has 0 radical (unpaired) electrons. The summed E-state index contributed by atoms with van der Waals surface area (Å²) in [7, 11) is 0. The highest BCUT2D eigenvalue weighted by Crippen LogP contribution is 2.39. The number of nitrogens with one attached hydrogen (secondary N) is 1. The smallest absolute Gasteiger partial charge is 0.138 e. The summed E-state index contributed by atoms with van der Waals surface area (Å²) >= 11 is 9.61. The van der Waals surface area contributed by atoms with Gasteiger partial charge in [0.15, 0.2) is 0 Å². The Balaban J connectivity index is 1.92. The Labute approximate surface area is 125 Å². The van der Waals surface area contributed by atoms with Crippen LogP contribution < -0.4 is 5.32 Å². The van der Waals surface area contributed by atoms with Gasteiger partial charge in [-0.3, -0.25) is 0 Å². The standard InChI is InChI=1S/C14H13BrClN3/c1-8-12(16)18-14(9-2-3-9)19-13(8)17-11-6-4-10(15)5-7-11/h4-7,9H,2-3H2,1H3,(H,17,18,19). The topological polar surface area (TPSA) is 37.8 Å².